The first-order chi connectivity index (χ1) is 8.82. The zero-order valence-electron chi connectivity index (χ0n) is 11.1. The lowest BCUT2D eigenvalue weighted by Crippen LogP contribution is -2.33. The topological polar surface area (TPSA) is 112 Å². The summed E-state index contributed by atoms with van der Waals surface area (Å²) in [5.41, 5.74) is -0.251. The number of amides is 1. The average molecular weight is 267 g/mol. The van der Waals surface area contributed by atoms with Crippen molar-refractivity contribution in [1.82, 2.24) is 15.3 Å². The highest BCUT2D eigenvalue weighted by atomic mass is 16.4. The number of carbonyl (C=O) groups is 2. The molecule has 0 saturated heterocycles. The van der Waals surface area contributed by atoms with E-state index in [1.54, 1.807) is 6.92 Å². The fraction of sp³-hybridized carbons (Fsp3) is 0.500. The maximum Gasteiger partial charge on any atom is 0.305 e. The number of carboxylic acid groups (broad SMARTS) is 1. The summed E-state index contributed by atoms with van der Waals surface area (Å²) in [6.45, 7) is 5.31. The molecule has 1 rings (SSSR count). The van der Waals surface area contributed by atoms with Crippen LogP contribution in [0.25, 0.3) is 0 Å². The SMILES string of the molecule is Cc1nc(C(C)C)[nH]c(=O)c1C(=O)NCCC(=O)O. The number of aryl methyl sites for hydroxylation is 1. The molecule has 3 N–H and O–H groups in total. The molecule has 0 spiro atoms. The van der Waals surface area contributed by atoms with E-state index in [1.807, 2.05) is 13.8 Å². The normalized spacial score (nSPS) is 10.5. The van der Waals surface area contributed by atoms with Crippen LogP contribution in [0.1, 0.15) is 48.1 Å². The number of aromatic nitrogens is 2. The number of carbonyl (C=O) groups excluding carboxylic acids is 1. The van der Waals surface area contributed by atoms with Crippen LogP contribution in [0.2, 0.25) is 0 Å². The Kier molecular flexibility index (Phi) is 4.80. The lowest BCUT2D eigenvalue weighted by molar-refractivity contribution is -0.136. The van der Waals surface area contributed by atoms with Gasteiger partial charge in [-0.3, -0.25) is 14.4 Å². The van der Waals surface area contributed by atoms with Crippen molar-refractivity contribution < 1.29 is 14.7 Å². The second-order valence-electron chi connectivity index (χ2n) is 4.47. The number of aliphatic carboxylic acids is 1. The Balaban J connectivity index is 2.92. The number of nitrogens with zero attached hydrogens (tertiary/aromatic N) is 1. The minimum atomic E-state index is -1.01. The second-order valence-corrected chi connectivity index (χ2v) is 4.47. The molecule has 0 fully saturated rings. The molecule has 0 aliphatic heterocycles. The molecule has 7 nitrogen and oxygen atoms in total. The predicted octanol–water partition coefficient (Wildman–Crippen LogP) is 0.406. The molecule has 7 heteroatoms. The largest absolute Gasteiger partial charge is 0.481 e. The number of hydrogen-bond acceptors (Lipinski definition) is 4. The van der Waals surface area contributed by atoms with E-state index in [0.29, 0.717) is 11.5 Å². The first-order valence-corrected chi connectivity index (χ1v) is 5.93. The van der Waals surface area contributed by atoms with Gasteiger partial charge in [-0.05, 0) is 6.92 Å². The Bertz CT molecular complexity index is 548. The van der Waals surface area contributed by atoms with E-state index in [2.05, 4.69) is 15.3 Å². The number of H-pyrrole nitrogens is 1. The molecule has 19 heavy (non-hydrogen) atoms. The maximum absolute atomic E-state index is 11.8. The van der Waals surface area contributed by atoms with Gasteiger partial charge in [-0.15, -0.1) is 0 Å². The van der Waals surface area contributed by atoms with Gasteiger partial charge in [0.25, 0.3) is 11.5 Å². The van der Waals surface area contributed by atoms with E-state index < -0.39 is 17.4 Å². The van der Waals surface area contributed by atoms with Crippen LogP contribution in [0.5, 0.6) is 0 Å². The van der Waals surface area contributed by atoms with Crippen LogP contribution in [-0.4, -0.2) is 33.5 Å². The number of carboxylic acids is 1. The zero-order valence-corrected chi connectivity index (χ0v) is 11.1. The molecule has 0 radical (unpaired) electrons. The van der Waals surface area contributed by atoms with Gasteiger partial charge in [0.05, 0.1) is 12.1 Å². The first-order valence-electron chi connectivity index (χ1n) is 5.93. The smallest absolute Gasteiger partial charge is 0.305 e. The van der Waals surface area contributed by atoms with Gasteiger partial charge in [0.15, 0.2) is 0 Å². The Morgan fingerprint density at radius 3 is 2.53 bits per heavy atom. The van der Waals surface area contributed by atoms with Crippen LogP contribution in [-0.2, 0) is 4.79 Å². The molecule has 0 aliphatic rings. The summed E-state index contributed by atoms with van der Waals surface area (Å²) in [6.07, 6.45) is -0.194. The van der Waals surface area contributed by atoms with E-state index in [4.69, 9.17) is 5.11 Å². The highest BCUT2D eigenvalue weighted by Gasteiger charge is 2.17. The van der Waals surface area contributed by atoms with E-state index in [9.17, 15) is 14.4 Å². The highest BCUT2D eigenvalue weighted by molar-refractivity contribution is 5.94. The third kappa shape index (κ3) is 3.90. The number of rotatable bonds is 5. The van der Waals surface area contributed by atoms with Crippen LogP contribution < -0.4 is 10.9 Å². The highest BCUT2D eigenvalue weighted by Crippen LogP contribution is 2.08. The van der Waals surface area contributed by atoms with Gasteiger partial charge < -0.3 is 15.4 Å². The molecule has 0 saturated carbocycles. The molecule has 104 valence electrons. The van der Waals surface area contributed by atoms with Crippen LogP contribution in [0, 0.1) is 6.92 Å². The molecule has 0 aliphatic carbocycles. The summed E-state index contributed by atoms with van der Waals surface area (Å²) in [4.78, 5) is 40.7. The Morgan fingerprint density at radius 2 is 2.05 bits per heavy atom. The van der Waals surface area contributed by atoms with E-state index in [1.165, 1.54) is 0 Å². The maximum atomic E-state index is 11.8. The van der Waals surface area contributed by atoms with Gasteiger partial charge in [-0.1, -0.05) is 13.8 Å². The Morgan fingerprint density at radius 1 is 1.42 bits per heavy atom. The molecular weight excluding hydrogens is 250 g/mol. The van der Waals surface area contributed by atoms with Gasteiger partial charge >= 0.3 is 5.97 Å². The summed E-state index contributed by atoms with van der Waals surface area (Å²) >= 11 is 0. The molecule has 0 atom stereocenters. The van der Waals surface area contributed by atoms with Crippen molar-refractivity contribution in [2.75, 3.05) is 6.54 Å². The summed E-state index contributed by atoms with van der Waals surface area (Å²) in [7, 11) is 0. The molecule has 0 bridgehead atoms. The van der Waals surface area contributed by atoms with Crippen LogP contribution in [0.15, 0.2) is 4.79 Å². The quantitative estimate of drug-likeness (QED) is 0.715. The number of aromatic amines is 1. The molecule has 1 aromatic rings. The molecule has 0 unspecified atom stereocenters. The Hall–Kier alpha value is -2.18. The fourth-order valence-corrected chi connectivity index (χ4v) is 1.52. The van der Waals surface area contributed by atoms with Gasteiger partial charge in [-0.25, -0.2) is 4.98 Å². The summed E-state index contributed by atoms with van der Waals surface area (Å²) in [6, 6.07) is 0. The minimum Gasteiger partial charge on any atom is -0.481 e. The van der Waals surface area contributed by atoms with Crippen molar-refractivity contribution in [2.24, 2.45) is 0 Å². The van der Waals surface area contributed by atoms with E-state index >= 15 is 0 Å². The van der Waals surface area contributed by atoms with Gasteiger partial charge in [-0.2, -0.15) is 0 Å². The fourth-order valence-electron chi connectivity index (χ4n) is 1.52. The van der Waals surface area contributed by atoms with Crippen LogP contribution >= 0.6 is 0 Å². The van der Waals surface area contributed by atoms with Crippen molar-refractivity contribution in [3.05, 3.63) is 27.4 Å². The predicted molar refractivity (Wildman–Crippen MR) is 68.3 cm³/mol. The average Bonchev–Trinajstić information content (AvgIpc) is 2.27. The van der Waals surface area contributed by atoms with Crippen molar-refractivity contribution in [1.29, 1.82) is 0 Å². The van der Waals surface area contributed by atoms with Crippen LogP contribution in [0.3, 0.4) is 0 Å². The minimum absolute atomic E-state index is 0.0288. The Labute approximate surface area is 110 Å². The lowest BCUT2D eigenvalue weighted by Gasteiger charge is -2.09. The molecular formula is C12H17N3O4. The van der Waals surface area contributed by atoms with E-state index in [0.717, 1.165) is 0 Å². The first kappa shape index (κ1) is 14.9. The lowest BCUT2D eigenvalue weighted by atomic mass is 10.1. The summed E-state index contributed by atoms with van der Waals surface area (Å²) in [5.74, 6) is -1.05. The van der Waals surface area contributed by atoms with Crippen molar-refractivity contribution in [2.45, 2.75) is 33.1 Å². The van der Waals surface area contributed by atoms with Crippen LogP contribution in [0.4, 0.5) is 0 Å². The molecule has 1 heterocycles. The molecule has 0 aromatic carbocycles. The third-order valence-electron chi connectivity index (χ3n) is 2.52. The van der Waals surface area contributed by atoms with E-state index in [-0.39, 0.29) is 24.4 Å². The summed E-state index contributed by atoms with van der Waals surface area (Å²) < 4.78 is 0. The van der Waals surface area contributed by atoms with Gasteiger partial charge in [0.2, 0.25) is 0 Å². The van der Waals surface area contributed by atoms with Gasteiger partial charge in [0.1, 0.15) is 11.4 Å². The molecule has 1 amide bonds. The van der Waals surface area contributed by atoms with Crippen molar-refractivity contribution in [3.63, 3.8) is 0 Å². The van der Waals surface area contributed by atoms with Crippen molar-refractivity contribution in [3.8, 4) is 0 Å². The number of nitrogens with one attached hydrogen (secondary N) is 2. The third-order valence-corrected chi connectivity index (χ3v) is 2.52. The molecule has 1 aromatic heterocycles. The standard InChI is InChI=1S/C12H17N3O4/c1-6(2)10-14-7(3)9(12(19)15-10)11(18)13-5-4-8(16)17/h6H,4-5H2,1-3H3,(H,13,18)(H,16,17)(H,14,15,19). The zero-order chi connectivity index (χ0) is 14.6. The van der Waals surface area contributed by atoms with Gasteiger partial charge in [0, 0.05) is 12.5 Å². The summed E-state index contributed by atoms with van der Waals surface area (Å²) in [5, 5.41) is 10.9. The number of hydrogen-bond donors (Lipinski definition) is 3. The van der Waals surface area contributed by atoms with Crippen molar-refractivity contribution >= 4 is 11.9 Å². The monoisotopic (exact) mass is 267 g/mol. The second kappa shape index (κ2) is 6.12.